The predicted molar refractivity (Wildman–Crippen MR) is 144 cm³/mol. The maximum atomic E-state index is 14.9. The van der Waals surface area contributed by atoms with Crippen LogP contribution in [-0.2, 0) is 27.8 Å². The van der Waals surface area contributed by atoms with Crippen LogP contribution >= 0.6 is 0 Å². The van der Waals surface area contributed by atoms with Crippen molar-refractivity contribution >= 4 is 11.8 Å². The van der Waals surface area contributed by atoms with E-state index in [-0.39, 0.29) is 43.3 Å². The van der Waals surface area contributed by atoms with Gasteiger partial charge in [-0.2, -0.15) is 0 Å². The second kappa shape index (κ2) is 12.9. The number of carbonyl (C=O) groups excluding carboxylic acids is 2. The molecule has 2 aromatic carbocycles. The second-order valence-corrected chi connectivity index (χ2v) is 10.3. The van der Waals surface area contributed by atoms with E-state index in [1.807, 2.05) is 12.1 Å². The number of aryl methyl sites for hydroxylation is 1. The van der Waals surface area contributed by atoms with E-state index >= 15 is 0 Å². The van der Waals surface area contributed by atoms with Gasteiger partial charge in [0.1, 0.15) is 23.4 Å². The number of unbranched alkanes of at least 4 members (excludes halogenated alkanes) is 2. The predicted octanol–water partition coefficient (Wildman–Crippen LogP) is 4.72. The molecule has 4 rings (SSSR count). The summed E-state index contributed by atoms with van der Waals surface area (Å²) in [5.74, 6) is -1.00. The van der Waals surface area contributed by atoms with E-state index in [0.717, 1.165) is 30.5 Å². The molecule has 1 atom stereocenters. The number of halogens is 2. The highest BCUT2D eigenvalue weighted by Crippen LogP contribution is 2.42. The zero-order chi connectivity index (χ0) is 27.8. The first kappa shape index (κ1) is 28.3. The van der Waals surface area contributed by atoms with Gasteiger partial charge in [0.2, 0.25) is 11.8 Å². The minimum Gasteiger partial charge on any atom is -0.497 e. The summed E-state index contributed by atoms with van der Waals surface area (Å²) in [4.78, 5) is 35.2. The summed E-state index contributed by atoms with van der Waals surface area (Å²) in [6, 6.07) is 10.4. The fourth-order valence-electron chi connectivity index (χ4n) is 5.35. The average molecular weight is 539 g/mol. The van der Waals surface area contributed by atoms with E-state index in [1.165, 1.54) is 18.2 Å². The highest BCUT2D eigenvalue weighted by Gasteiger charge is 2.49. The van der Waals surface area contributed by atoms with Crippen LogP contribution in [-0.4, -0.2) is 52.9 Å². The van der Waals surface area contributed by atoms with Gasteiger partial charge < -0.3 is 19.9 Å². The molecule has 9 heteroatoms. The van der Waals surface area contributed by atoms with Gasteiger partial charge in [-0.25, -0.2) is 13.8 Å². The number of H-pyrrole nitrogens is 1. The molecule has 2 heterocycles. The van der Waals surface area contributed by atoms with Crippen LogP contribution < -0.4 is 10.1 Å². The zero-order valence-corrected chi connectivity index (χ0v) is 22.5. The third kappa shape index (κ3) is 6.82. The smallest absolute Gasteiger partial charge is 0.245 e. The Labute approximate surface area is 228 Å². The van der Waals surface area contributed by atoms with Crippen molar-refractivity contribution in [1.82, 2.24) is 20.2 Å². The van der Waals surface area contributed by atoms with Gasteiger partial charge in [0, 0.05) is 43.1 Å². The Hall–Kier alpha value is -3.75. The summed E-state index contributed by atoms with van der Waals surface area (Å²) in [5.41, 5.74) is 0.890. The first-order valence-electron chi connectivity index (χ1n) is 13.5. The van der Waals surface area contributed by atoms with E-state index in [0.29, 0.717) is 18.6 Å². The summed E-state index contributed by atoms with van der Waals surface area (Å²) in [6.45, 7) is 2.48. The molecule has 1 aliphatic rings. The highest BCUT2D eigenvalue weighted by molar-refractivity contribution is 5.88. The van der Waals surface area contributed by atoms with Crippen molar-refractivity contribution in [2.45, 2.75) is 63.3 Å². The Morgan fingerprint density at radius 3 is 2.46 bits per heavy atom. The Balaban J connectivity index is 1.51. The number of carbonyl (C=O) groups is 2. The number of hydrogen-bond acceptors (Lipinski definition) is 4. The highest BCUT2D eigenvalue weighted by atomic mass is 19.1. The molecule has 0 radical (unpaired) electrons. The molecular weight excluding hydrogens is 502 g/mol. The van der Waals surface area contributed by atoms with Crippen LogP contribution in [0.2, 0.25) is 0 Å². The second-order valence-electron chi connectivity index (χ2n) is 10.3. The molecule has 1 saturated heterocycles. The third-order valence-electron chi connectivity index (χ3n) is 7.45. The quantitative estimate of drug-likeness (QED) is 0.309. The molecule has 0 bridgehead atoms. The van der Waals surface area contributed by atoms with Gasteiger partial charge in [0.15, 0.2) is 0 Å². The molecule has 2 N–H and O–H groups in total. The van der Waals surface area contributed by atoms with E-state index in [4.69, 9.17) is 4.74 Å². The Bertz CT molecular complexity index is 1220. The maximum Gasteiger partial charge on any atom is 0.245 e. The number of ether oxygens (including phenoxy) is 1. The van der Waals surface area contributed by atoms with Crippen LogP contribution in [0.3, 0.4) is 0 Å². The van der Waals surface area contributed by atoms with E-state index in [2.05, 4.69) is 22.2 Å². The molecule has 7 nitrogen and oxygen atoms in total. The number of hydrogen-bond donors (Lipinski definition) is 2. The monoisotopic (exact) mass is 538 g/mol. The summed E-state index contributed by atoms with van der Waals surface area (Å²) in [6.07, 6.45) is 7.50. The molecular formula is C30H36F2N4O3. The first-order valence-corrected chi connectivity index (χ1v) is 13.5. The summed E-state index contributed by atoms with van der Waals surface area (Å²) in [5, 5.41) is 2.90. The number of benzene rings is 2. The molecule has 208 valence electrons. The number of methoxy groups -OCH3 is 1. The van der Waals surface area contributed by atoms with Crippen molar-refractivity contribution in [1.29, 1.82) is 0 Å². The number of imidazole rings is 1. The van der Waals surface area contributed by atoms with Crippen molar-refractivity contribution in [2.24, 2.45) is 0 Å². The summed E-state index contributed by atoms with van der Waals surface area (Å²) in [7, 11) is 1.58. The molecule has 1 aromatic heterocycles. The molecule has 1 fully saturated rings. The molecule has 1 aliphatic heterocycles. The molecule has 2 amide bonds. The van der Waals surface area contributed by atoms with Crippen LogP contribution in [0, 0.1) is 11.6 Å². The minimum absolute atomic E-state index is 0.0555. The first-order chi connectivity index (χ1) is 18.8. The lowest BCUT2D eigenvalue weighted by Gasteiger charge is -2.51. The third-order valence-corrected chi connectivity index (χ3v) is 7.45. The lowest BCUT2D eigenvalue weighted by atomic mass is 9.69. The standard InChI is InChI=1S/C30H36F2N4O3/c1-3-4-5-15-30(28-24(31)7-6-8-25(28)32)18-36(19-30)29(38)26(16-21-9-12-23(39-2)13-10-21)35-27(37)14-11-22-17-33-20-34-22/h6-10,12-13,17,20,26H,3-5,11,14-16,18-19H2,1-2H3,(H,33,34)(H,35,37)/t26-/m1/s1. The topological polar surface area (TPSA) is 87.3 Å². The largest absolute Gasteiger partial charge is 0.497 e. The van der Waals surface area contributed by atoms with Gasteiger partial charge in [-0.15, -0.1) is 0 Å². The Kier molecular flexibility index (Phi) is 9.32. The van der Waals surface area contributed by atoms with Gasteiger partial charge in [0.05, 0.1) is 19.1 Å². The number of aromatic nitrogens is 2. The normalized spacial score (nSPS) is 14.9. The zero-order valence-electron chi connectivity index (χ0n) is 22.5. The average Bonchev–Trinajstić information content (AvgIpc) is 3.43. The molecule has 39 heavy (non-hydrogen) atoms. The van der Waals surface area contributed by atoms with E-state index in [1.54, 1.807) is 36.7 Å². The lowest BCUT2D eigenvalue weighted by molar-refractivity contribution is -0.143. The van der Waals surface area contributed by atoms with Crippen LogP contribution in [0.15, 0.2) is 55.0 Å². The SMILES string of the molecule is CCCCCC1(c2c(F)cccc2F)CN(C(=O)[C@@H](Cc2ccc(OC)cc2)NC(=O)CCc2c[nH]cn2)C1. The van der Waals surface area contributed by atoms with Crippen molar-refractivity contribution in [3.63, 3.8) is 0 Å². The number of nitrogens with one attached hydrogen (secondary N) is 2. The number of likely N-dealkylation sites (tertiary alicyclic amines) is 1. The molecule has 0 unspecified atom stereocenters. The molecule has 0 spiro atoms. The fraction of sp³-hybridized carbons (Fsp3) is 0.433. The molecule has 0 aliphatic carbocycles. The summed E-state index contributed by atoms with van der Waals surface area (Å²) >= 11 is 0. The van der Waals surface area contributed by atoms with Gasteiger partial charge >= 0.3 is 0 Å². The van der Waals surface area contributed by atoms with Crippen molar-refractivity contribution in [3.05, 3.63) is 83.4 Å². The number of rotatable bonds is 13. The van der Waals surface area contributed by atoms with Gasteiger partial charge in [0.25, 0.3) is 0 Å². The Morgan fingerprint density at radius 2 is 1.85 bits per heavy atom. The Morgan fingerprint density at radius 1 is 1.13 bits per heavy atom. The number of nitrogens with zero attached hydrogens (tertiary/aromatic N) is 2. The van der Waals surface area contributed by atoms with Gasteiger partial charge in [-0.05, 0) is 42.7 Å². The number of aromatic amines is 1. The minimum atomic E-state index is -0.816. The van der Waals surface area contributed by atoms with Crippen molar-refractivity contribution in [3.8, 4) is 5.75 Å². The molecule has 0 saturated carbocycles. The van der Waals surface area contributed by atoms with E-state index < -0.39 is 23.1 Å². The van der Waals surface area contributed by atoms with Crippen molar-refractivity contribution < 1.29 is 23.1 Å². The van der Waals surface area contributed by atoms with Crippen LogP contribution in [0.5, 0.6) is 5.75 Å². The van der Waals surface area contributed by atoms with E-state index in [9.17, 15) is 18.4 Å². The van der Waals surface area contributed by atoms with Crippen LogP contribution in [0.1, 0.15) is 55.8 Å². The maximum absolute atomic E-state index is 14.9. The number of amides is 2. The summed E-state index contributed by atoms with van der Waals surface area (Å²) < 4.78 is 35.0. The molecule has 3 aromatic rings. The lowest BCUT2D eigenvalue weighted by Crippen LogP contribution is -2.65. The van der Waals surface area contributed by atoms with Crippen LogP contribution in [0.25, 0.3) is 0 Å². The van der Waals surface area contributed by atoms with Crippen molar-refractivity contribution in [2.75, 3.05) is 20.2 Å². The fourth-order valence-corrected chi connectivity index (χ4v) is 5.35. The van der Waals surface area contributed by atoms with Crippen LogP contribution in [0.4, 0.5) is 8.78 Å². The van der Waals surface area contributed by atoms with Gasteiger partial charge in [-0.1, -0.05) is 44.4 Å². The van der Waals surface area contributed by atoms with Gasteiger partial charge in [-0.3, -0.25) is 9.59 Å².